The fourth-order valence-electron chi connectivity index (χ4n) is 5.40. The van der Waals surface area contributed by atoms with Gasteiger partial charge >= 0.3 is 0 Å². The van der Waals surface area contributed by atoms with Crippen molar-refractivity contribution in [1.82, 2.24) is 4.90 Å². The van der Waals surface area contributed by atoms with E-state index in [1.54, 1.807) is 31.2 Å². The third kappa shape index (κ3) is 5.09. The first-order valence-corrected chi connectivity index (χ1v) is 13.2. The molecular formula is C33H32FN3O2. The van der Waals surface area contributed by atoms with Gasteiger partial charge in [-0.05, 0) is 62.1 Å². The fourth-order valence-corrected chi connectivity index (χ4v) is 5.40. The molecule has 0 N–H and O–H groups in total. The summed E-state index contributed by atoms with van der Waals surface area (Å²) in [7, 11) is 0. The number of aliphatic imine (C=N–C) groups is 1. The molecule has 198 valence electrons. The fraction of sp³-hybridized carbons (Fsp3) is 0.303. The average Bonchev–Trinajstić information content (AvgIpc) is 3.22. The number of halogens is 1. The Morgan fingerprint density at radius 2 is 1.85 bits per heavy atom. The van der Waals surface area contributed by atoms with Crippen LogP contribution in [-0.2, 0) is 6.42 Å². The van der Waals surface area contributed by atoms with Crippen LogP contribution >= 0.6 is 0 Å². The maximum atomic E-state index is 14.7. The lowest BCUT2D eigenvalue weighted by atomic mass is 9.91. The van der Waals surface area contributed by atoms with E-state index in [4.69, 9.17) is 9.41 Å². The number of hydrogen-bond donors (Lipinski definition) is 0. The Hall–Kier alpha value is -4.24. The van der Waals surface area contributed by atoms with Crippen molar-refractivity contribution < 1.29 is 8.81 Å². The lowest BCUT2D eigenvalue weighted by molar-refractivity contribution is 0.210. The molecular weight excluding hydrogens is 489 g/mol. The molecule has 5 nitrogen and oxygen atoms in total. The Balaban J connectivity index is 1.74. The van der Waals surface area contributed by atoms with Crippen molar-refractivity contribution >= 4 is 16.8 Å². The molecule has 1 aliphatic rings. The Labute approximate surface area is 228 Å². The molecule has 0 fully saturated rings. The van der Waals surface area contributed by atoms with E-state index in [-0.39, 0.29) is 23.2 Å². The summed E-state index contributed by atoms with van der Waals surface area (Å²) in [5, 5.41) is 9.94. The summed E-state index contributed by atoms with van der Waals surface area (Å²) >= 11 is 0. The molecule has 0 amide bonds. The van der Waals surface area contributed by atoms with Crippen LogP contribution in [0.25, 0.3) is 11.0 Å². The van der Waals surface area contributed by atoms with E-state index in [9.17, 15) is 14.4 Å². The number of rotatable bonds is 6. The van der Waals surface area contributed by atoms with Crippen LogP contribution in [-0.4, -0.2) is 22.8 Å². The molecule has 0 radical (unpaired) electrons. The zero-order valence-corrected chi connectivity index (χ0v) is 23.0. The molecule has 39 heavy (non-hydrogen) atoms. The van der Waals surface area contributed by atoms with Gasteiger partial charge in [-0.15, -0.1) is 0 Å². The molecule has 0 spiro atoms. The van der Waals surface area contributed by atoms with Gasteiger partial charge in [0.2, 0.25) is 0 Å². The highest BCUT2D eigenvalue weighted by molar-refractivity contribution is 6.00. The quantitative estimate of drug-likeness (QED) is 0.276. The van der Waals surface area contributed by atoms with Crippen molar-refractivity contribution in [2.45, 2.75) is 52.6 Å². The summed E-state index contributed by atoms with van der Waals surface area (Å²) in [6, 6.07) is 21.8. The van der Waals surface area contributed by atoms with Gasteiger partial charge in [-0.3, -0.25) is 9.79 Å². The van der Waals surface area contributed by atoms with Crippen molar-refractivity contribution in [2.75, 3.05) is 6.54 Å². The Kier molecular flexibility index (Phi) is 6.86. The van der Waals surface area contributed by atoms with E-state index in [1.807, 2.05) is 36.4 Å². The third-order valence-corrected chi connectivity index (χ3v) is 7.27. The number of aryl methyl sites for hydroxylation is 1. The molecule has 1 aliphatic heterocycles. The van der Waals surface area contributed by atoms with Crippen molar-refractivity contribution in [3.05, 3.63) is 116 Å². The second-order valence-electron chi connectivity index (χ2n) is 11.3. The number of benzene rings is 3. The first-order chi connectivity index (χ1) is 18.6. The maximum absolute atomic E-state index is 14.7. The van der Waals surface area contributed by atoms with Crippen LogP contribution < -0.4 is 5.43 Å². The number of nitrogens with zero attached hydrogens (tertiary/aromatic N) is 3. The minimum atomic E-state index is -0.422. The number of amidine groups is 1. The summed E-state index contributed by atoms with van der Waals surface area (Å²) in [5.74, 6) is 0.969. The van der Waals surface area contributed by atoms with Gasteiger partial charge in [0.15, 0.2) is 5.43 Å². The van der Waals surface area contributed by atoms with E-state index in [2.05, 4.69) is 38.7 Å². The molecule has 2 heterocycles. The summed E-state index contributed by atoms with van der Waals surface area (Å²) in [6.45, 7) is 10.6. The molecule has 1 aromatic heterocycles. The van der Waals surface area contributed by atoms with Crippen LogP contribution in [0.4, 0.5) is 4.39 Å². The first-order valence-electron chi connectivity index (χ1n) is 13.2. The van der Waals surface area contributed by atoms with Crippen molar-refractivity contribution in [3.63, 3.8) is 0 Å². The molecule has 0 bridgehead atoms. The van der Waals surface area contributed by atoms with Crippen LogP contribution in [0.3, 0.4) is 0 Å². The molecule has 3 aromatic carbocycles. The summed E-state index contributed by atoms with van der Waals surface area (Å²) in [6.07, 6.45) is 0.403. The van der Waals surface area contributed by atoms with Gasteiger partial charge in [0.05, 0.1) is 28.6 Å². The van der Waals surface area contributed by atoms with Crippen LogP contribution in [0.2, 0.25) is 0 Å². The molecule has 0 saturated carbocycles. The van der Waals surface area contributed by atoms with Gasteiger partial charge in [-0.1, -0.05) is 56.3 Å². The molecule has 0 aliphatic carbocycles. The SMILES string of the molecule is Cc1ccc(C2=NC(C)(C)CN2C(c2oc3cc(C#N)ccc3c(=O)c2Cc2ccccc2)C(C)C)cc1F. The van der Waals surface area contributed by atoms with Crippen molar-refractivity contribution in [1.29, 1.82) is 5.26 Å². The molecule has 5 rings (SSSR count). The molecule has 1 atom stereocenters. The molecule has 0 saturated heterocycles. The lowest BCUT2D eigenvalue weighted by Gasteiger charge is -2.35. The largest absolute Gasteiger partial charge is 0.458 e. The van der Waals surface area contributed by atoms with E-state index < -0.39 is 5.54 Å². The second kappa shape index (κ2) is 10.1. The number of hydrogen-bond acceptors (Lipinski definition) is 5. The smallest absolute Gasteiger partial charge is 0.196 e. The van der Waals surface area contributed by atoms with Gasteiger partial charge in [0.25, 0.3) is 0 Å². The van der Waals surface area contributed by atoms with Crippen molar-refractivity contribution in [2.24, 2.45) is 10.9 Å². The minimum Gasteiger partial charge on any atom is -0.458 e. The predicted octanol–water partition coefficient (Wildman–Crippen LogP) is 6.94. The predicted molar refractivity (Wildman–Crippen MR) is 152 cm³/mol. The van der Waals surface area contributed by atoms with Crippen LogP contribution in [0.1, 0.15) is 67.3 Å². The second-order valence-corrected chi connectivity index (χ2v) is 11.3. The molecule has 4 aromatic rings. The zero-order chi connectivity index (χ0) is 27.9. The average molecular weight is 522 g/mol. The Morgan fingerprint density at radius 3 is 2.51 bits per heavy atom. The number of fused-ring (bicyclic) bond motifs is 1. The highest BCUT2D eigenvalue weighted by Crippen LogP contribution is 2.38. The molecule has 1 unspecified atom stereocenters. The zero-order valence-electron chi connectivity index (χ0n) is 23.0. The summed E-state index contributed by atoms with van der Waals surface area (Å²) in [5.41, 5.74) is 3.12. The number of nitriles is 1. The Bertz CT molecular complexity index is 1680. The van der Waals surface area contributed by atoms with Crippen LogP contribution in [0, 0.1) is 30.0 Å². The third-order valence-electron chi connectivity index (χ3n) is 7.27. The Morgan fingerprint density at radius 1 is 1.10 bits per heavy atom. The van der Waals surface area contributed by atoms with E-state index in [0.717, 1.165) is 5.56 Å². The highest BCUT2D eigenvalue weighted by atomic mass is 19.1. The van der Waals surface area contributed by atoms with E-state index in [1.165, 1.54) is 6.07 Å². The van der Waals surface area contributed by atoms with Gasteiger partial charge in [0.1, 0.15) is 23.0 Å². The topological polar surface area (TPSA) is 69.6 Å². The standard InChI is InChI=1S/C33H32FN3O2/c1-20(2)29(37-19-33(4,5)36-32(37)24-13-11-21(3)27(34)17-24)31-26(15-22-9-7-6-8-10-22)30(38)25-14-12-23(18-35)16-28(25)39-31/h6-14,16-17,20,29H,15,19H2,1-5H3. The van der Waals surface area contributed by atoms with Crippen LogP contribution in [0.5, 0.6) is 0 Å². The lowest BCUT2D eigenvalue weighted by Crippen LogP contribution is -2.39. The van der Waals surface area contributed by atoms with Crippen molar-refractivity contribution in [3.8, 4) is 6.07 Å². The summed E-state index contributed by atoms with van der Waals surface area (Å²) < 4.78 is 21.3. The van der Waals surface area contributed by atoms with E-state index in [0.29, 0.717) is 57.8 Å². The maximum Gasteiger partial charge on any atom is 0.196 e. The highest BCUT2D eigenvalue weighted by Gasteiger charge is 2.40. The summed E-state index contributed by atoms with van der Waals surface area (Å²) in [4.78, 5) is 21.2. The van der Waals surface area contributed by atoms with E-state index >= 15 is 0 Å². The minimum absolute atomic E-state index is 0.0219. The van der Waals surface area contributed by atoms with Gasteiger partial charge < -0.3 is 9.32 Å². The van der Waals surface area contributed by atoms with Crippen LogP contribution in [0.15, 0.2) is 80.9 Å². The van der Waals surface area contributed by atoms with Gasteiger partial charge in [0, 0.05) is 24.1 Å². The normalized spacial score (nSPS) is 15.4. The van der Waals surface area contributed by atoms with Gasteiger partial charge in [-0.25, -0.2) is 4.39 Å². The molecule has 6 heteroatoms. The first kappa shape index (κ1) is 26.4. The monoisotopic (exact) mass is 521 g/mol. The van der Waals surface area contributed by atoms with Gasteiger partial charge in [-0.2, -0.15) is 5.26 Å².